The second-order valence-corrected chi connectivity index (χ2v) is 9.12. The molecule has 1 aliphatic heterocycles. The van der Waals surface area contributed by atoms with E-state index in [4.69, 9.17) is 9.72 Å². The van der Waals surface area contributed by atoms with E-state index in [0.717, 1.165) is 41.7 Å². The van der Waals surface area contributed by atoms with Crippen molar-refractivity contribution in [1.82, 2.24) is 14.5 Å². The zero-order valence-electron chi connectivity index (χ0n) is 16.6. The van der Waals surface area contributed by atoms with Crippen LogP contribution in [0.15, 0.2) is 34.2 Å². The minimum absolute atomic E-state index is 0.0102. The van der Waals surface area contributed by atoms with Crippen LogP contribution in [-0.4, -0.2) is 52.4 Å². The number of fused-ring (bicyclic) bond motifs is 3. The van der Waals surface area contributed by atoms with Crippen LogP contribution in [0.5, 0.6) is 0 Å². The quantitative estimate of drug-likeness (QED) is 0.307. The van der Waals surface area contributed by atoms with Crippen molar-refractivity contribution in [2.45, 2.75) is 37.9 Å². The Morgan fingerprint density at radius 3 is 2.83 bits per heavy atom. The average Bonchev–Trinajstić information content (AvgIpc) is 3.36. The van der Waals surface area contributed by atoms with Gasteiger partial charge in [0.25, 0.3) is 5.56 Å². The summed E-state index contributed by atoms with van der Waals surface area (Å²) in [6.07, 6.45) is 3.41. The molecule has 0 N–H and O–H groups in total. The predicted molar refractivity (Wildman–Crippen MR) is 119 cm³/mol. The van der Waals surface area contributed by atoms with Gasteiger partial charge in [0, 0.05) is 16.6 Å². The lowest BCUT2D eigenvalue weighted by atomic mass is 10.2. The number of nitrogens with zero attached hydrogens (tertiary/aromatic N) is 3. The monoisotopic (exact) mass is 431 g/mol. The van der Waals surface area contributed by atoms with Crippen LogP contribution in [0.25, 0.3) is 20.3 Å². The summed E-state index contributed by atoms with van der Waals surface area (Å²) in [4.78, 5) is 32.4. The lowest BCUT2D eigenvalue weighted by molar-refractivity contribution is -0.139. The van der Waals surface area contributed by atoms with E-state index in [9.17, 15) is 9.59 Å². The third kappa shape index (κ3) is 4.49. The third-order valence-corrected chi connectivity index (χ3v) is 7.22. The molecule has 3 heterocycles. The minimum atomic E-state index is -0.286. The number of thioether (sulfide) groups is 1. The van der Waals surface area contributed by atoms with Crippen molar-refractivity contribution >= 4 is 49.4 Å². The van der Waals surface area contributed by atoms with Gasteiger partial charge in [0.05, 0.1) is 17.9 Å². The molecule has 0 spiro atoms. The van der Waals surface area contributed by atoms with E-state index in [-0.39, 0.29) is 17.3 Å². The minimum Gasteiger partial charge on any atom is -0.465 e. The van der Waals surface area contributed by atoms with Crippen LogP contribution >= 0.6 is 23.1 Å². The van der Waals surface area contributed by atoms with E-state index in [0.29, 0.717) is 23.0 Å². The summed E-state index contributed by atoms with van der Waals surface area (Å²) in [5.41, 5.74) is 0.724. The van der Waals surface area contributed by atoms with Crippen molar-refractivity contribution < 1.29 is 9.53 Å². The molecule has 6 nitrogen and oxygen atoms in total. The van der Waals surface area contributed by atoms with Gasteiger partial charge in [-0.1, -0.05) is 30.0 Å². The van der Waals surface area contributed by atoms with Gasteiger partial charge >= 0.3 is 5.97 Å². The van der Waals surface area contributed by atoms with Gasteiger partial charge in [-0.2, -0.15) is 0 Å². The van der Waals surface area contributed by atoms with Crippen molar-refractivity contribution in [2.75, 3.05) is 32.0 Å². The summed E-state index contributed by atoms with van der Waals surface area (Å²) in [7, 11) is 0. The zero-order valence-corrected chi connectivity index (χ0v) is 18.2. The molecule has 0 radical (unpaired) electrons. The number of ether oxygens (including phenoxy) is 1. The summed E-state index contributed by atoms with van der Waals surface area (Å²) in [5, 5.41) is 1.59. The zero-order chi connectivity index (χ0) is 20.2. The number of benzene rings is 1. The van der Waals surface area contributed by atoms with Gasteiger partial charge in [0.1, 0.15) is 4.70 Å². The van der Waals surface area contributed by atoms with Gasteiger partial charge in [0.15, 0.2) is 5.16 Å². The molecule has 154 valence electrons. The number of carbonyl (C=O) groups is 1. The molecule has 8 heteroatoms. The van der Waals surface area contributed by atoms with Crippen molar-refractivity contribution in [1.29, 1.82) is 0 Å². The Hall–Kier alpha value is -1.90. The SMILES string of the molecule is CCOC(=O)CSc1nc2c(sc3ccccc32)c(=O)n1CCCN1CCCC1. The van der Waals surface area contributed by atoms with E-state index < -0.39 is 0 Å². The van der Waals surface area contributed by atoms with E-state index in [1.54, 1.807) is 11.5 Å². The molecular weight excluding hydrogens is 406 g/mol. The highest BCUT2D eigenvalue weighted by Gasteiger charge is 2.18. The fourth-order valence-electron chi connectivity index (χ4n) is 3.75. The van der Waals surface area contributed by atoms with Crippen LogP contribution in [0.3, 0.4) is 0 Å². The van der Waals surface area contributed by atoms with Gasteiger partial charge in [-0.15, -0.1) is 11.3 Å². The van der Waals surface area contributed by atoms with E-state index in [1.165, 1.54) is 35.9 Å². The largest absolute Gasteiger partial charge is 0.465 e. The molecule has 29 heavy (non-hydrogen) atoms. The van der Waals surface area contributed by atoms with E-state index in [2.05, 4.69) is 4.90 Å². The predicted octanol–water partition coefficient (Wildman–Crippen LogP) is 3.75. The van der Waals surface area contributed by atoms with Crippen LogP contribution in [0, 0.1) is 0 Å². The Balaban J connectivity index is 1.66. The number of likely N-dealkylation sites (tertiary alicyclic amines) is 1. The molecule has 1 aliphatic rings. The summed E-state index contributed by atoms with van der Waals surface area (Å²) >= 11 is 2.78. The molecule has 0 unspecified atom stereocenters. The lowest BCUT2D eigenvalue weighted by Crippen LogP contribution is -2.26. The fraction of sp³-hybridized carbons (Fsp3) is 0.476. The molecule has 0 atom stereocenters. The first-order valence-electron chi connectivity index (χ1n) is 10.1. The summed E-state index contributed by atoms with van der Waals surface area (Å²) in [5.74, 6) is -0.134. The maximum Gasteiger partial charge on any atom is 0.316 e. The second kappa shape index (κ2) is 9.28. The summed E-state index contributed by atoms with van der Waals surface area (Å²) < 4.78 is 8.54. The first-order chi connectivity index (χ1) is 14.2. The normalized spacial score (nSPS) is 14.8. The van der Waals surface area contributed by atoms with Crippen LogP contribution in [0.4, 0.5) is 0 Å². The summed E-state index contributed by atoms with van der Waals surface area (Å²) in [6, 6.07) is 7.95. The molecule has 4 rings (SSSR count). The molecule has 0 bridgehead atoms. The van der Waals surface area contributed by atoms with Crippen molar-refractivity contribution in [3.05, 3.63) is 34.6 Å². The third-order valence-electron chi connectivity index (χ3n) is 5.13. The number of hydrogen-bond donors (Lipinski definition) is 0. The number of rotatable bonds is 8. The molecular formula is C21H25N3O3S2. The van der Waals surface area contributed by atoms with Crippen LogP contribution in [0.2, 0.25) is 0 Å². The highest BCUT2D eigenvalue weighted by Crippen LogP contribution is 2.31. The first-order valence-corrected chi connectivity index (χ1v) is 11.9. The fourth-order valence-corrected chi connectivity index (χ4v) is 5.65. The summed E-state index contributed by atoms with van der Waals surface area (Å²) in [6.45, 7) is 6.03. The lowest BCUT2D eigenvalue weighted by Gasteiger charge is -2.16. The number of aromatic nitrogens is 2. The topological polar surface area (TPSA) is 64.4 Å². The van der Waals surface area contributed by atoms with Gasteiger partial charge in [0.2, 0.25) is 0 Å². The first kappa shape index (κ1) is 20.4. The van der Waals surface area contributed by atoms with Crippen molar-refractivity contribution in [2.24, 2.45) is 0 Å². The Morgan fingerprint density at radius 1 is 1.24 bits per heavy atom. The highest BCUT2D eigenvalue weighted by atomic mass is 32.2. The average molecular weight is 432 g/mol. The Morgan fingerprint density at radius 2 is 2.03 bits per heavy atom. The van der Waals surface area contributed by atoms with Gasteiger partial charge in [-0.3, -0.25) is 14.2 Å². The molecule has 3 aromatic rings. The molecule has 1 aromatic carbocycles. The standard InChI is InChI=1S/C21H25N3O3S2/c1-2-27-17(25)14-28-21-22-18-15-8-3-4-9-16(15)29-19(18)20(26)24(21)13-7-12-23-10-5-6-11-23/h3-4,8-9H,2,5-7,10-14H2,1H3. The smallest absolute Gasteiger partial charge is 0.316 e. The molecule has 1 saturated heterocycles. The maximum absolute atomic E-state index is 13.3. The number of esters is 1. The molecule has 2 aromatic heterocycles. The molecule has 0 aliphatic carbocycles. The van der Waals surface area contributed by atoms with Crippen LogP contribution < -0.4 is 5.56 Å². The molecule has 0 saturated carbocycles. The number of thiophene rings is 1. The van der Waals surface area contributed by atoms with Crippen LogP contribution in [0.1, 0.15) is 26.2 Å². The van der Waals surface area contributed by atoms with Crippen molar-refractivity contribution in [3.8, 4) is 0 Å². The van der Waals surface area contributed by atoms with Gasteiger partial charge in [-0.05, 0) is 51.9 Å². The van der Waals surface area contributed by atoms with E-state index >= 15 is 0 Å². The van der Waals surface area contributed by atoms with Crippen molar-refractivity contribution in [3.63, 3.8) is 0 Å². The van der Waals surface area contributed by atoms with Gasteiger partial charge < -0.3 is 9.64 Å². The maximum atomic E-state index is 13.3. The molecule has 1 fully saturated rings. The number of hydrogen-bond acceptors (Lipinski definition) is 7. The second-order valence-electron chi connectivity index (χ2n) is 7.12. The highest BCUT2D eigenvalue weighted by molar-refractivity contribution is 7.99. The molecule has 0 amide bonds. The van der Waals surface area contributed by atoms with Crippen LogP contribution in [-0.2, 0) is 16.1 Å². The van der Waals surface area contributed by atoms with Gasteiger partial charge in [-0.25, -0.2) is 4.98 Å². The van der Waals surface area contributed by atoms with E-state index in [1.807, 2.05) is 24.3 Å². The Kier molecular flexibility index (Phi) is 6.52. The number of carbonyl (C=O) groups excluding carboxylic acids is 1. The Labute approximate surface area is 177 Å². The Bertz CT molecular complexity index is 1070.